The van der Waals surface area contributed by atoms with Crippen molar-refractivity contribution < 1.29 is 12.8 Å². The van der Waals surface area contributed by atoms with E-state index in [1.165, 1.54) is 23.3 Å². The fraction of sp³-hybridized carbons (Fsp3) is 0.385. The Bertz CT molecular complexity index is 735. The number of nitrogens with one attached hydrogen (secondary N) is 1. The van der Waals surface area contributed by atoms with Gasteiger partial charge in [-0.05, 0) is 24.1 Å². The third-order valence-corrected chi connectivity index (χ3v) is 4.92. The highest BCUT2D eigenvalue weighted by molar-refractivity contribution is 7.89. The molecule has 0 aliphatic carbocycles. The summed E-state index contributed by atoms with van der Waals surface area (Å²) in [5, 5.41) is 7.70. The van der Waals surface area contributed by atoms with E-state index in [2.05, 4.69) is 14.9 Å². The van der Waals surface area contributed by atoms with Crippen molar-refractivity contribution in [1.29, 1.82) is 0 Å². The number of halogens is 2. The number of rotatable bonds is 6. The van der Waals surface area contributed by atoms with Crippen molar-refractivity contribution in [2.24, 2.45) is 5.92 Å². The van der Waals surface area contributed by atoms with Gasteiger partial charge in [0.25, 0.3) is 0 Å². The molecular weight excluding hydrogens is 331 g/mol. The van der Waals surface area contributed by atoms with Crippen molar-refractivity contribution in [3.8, 4) is 0 Å². The van der Waals surface area contributed by atoms with Crippen molar-refractivity contribution in [2.75, 3.05) is 0 Å². The Hall–Kier alpha value is -1.51. The summed E-state index contributed by atoms with van der Waals surface area (Å²) in [4.78, 5) is 1.32. The van der Waals surface area contributed by atoms with Crippen LogP contribution in [0.3, 0.4) is 0 Å². The highest BCUT2D eigenvalue weighted by Crippen LogP contribution is 2.20. The summed E-state index contributed by atoms with van der Waals surface area (Å²) >= 11 is 5.64. The Morgan fingerprint density at radius 2 is 1.95 bits per heavy atom. The summed E-state index contributed by atoms with van der Waals surface area (Å²) in [5.74, 6) is -0.654. The molecule has 0 amide bonds. The lowest BCUT2D eigenvalue weighted by Crippen LogP contribution is -2.41. The van der Waals surface area contributed by atoms with Gasteiger partial charge in [-0.15, -0.1) is 0 Å². The lowest BCUT2D eigenvalue weighted by atomic mass is 10.1. The van der Waals surface area contributed by atoms with Crippen LogP contribution in [0.4, 0.5) is 4.39 Å². The molecule has 0 bridgehead atoms. The number of hydrogen-bond acceptors (Lipinski definition) is 4. The van der Waals surface area contributed by atoms with Crippen LogP contribution in [0.15, 0.2) is 35.5 Å². The Morgan fingerprint density at radius 1 is 1.32 bits per heavy atom. The first-order valence-electron chi connectivity index (χ1n) is 6.61. The number of aromatic nitrogens is 3. The zero-order valence-corrected chi connectivity index (χ0v) is 13.6. The minimum Gasteiger partial charge on any atom is -0.207 e. The third kappa shape index (κ3) is 4.02. The molecule has 1 unspecified atom stereocenters. The van der Waals surface area contributed by atoms with Gasteiger partial charge >= 0.3 is 0 Å². The SMILES string of the molecule is CC(C)C(Cn1nccn1)NS(=O)(=O)c1ccc(F)c(Cl)c1. The number of nitrogens with zero attached hydrogens (tertiary/aromatic N) is 3. The molecule has 22 heavy (non-hydrogen) atoms. The van der Waals surface area contributed by atoms with E-state index in [0.29, 0.717) is 6.54 Å². The van der Waals surface area contributed by atoms with Crippen LogP contribution in [0.1, 0.15) is 13.8 Å². The second kappa shape index (κ2) is 6.72. The molecule has 1 aromatic heterocycles. The van der Waals surface area contributed by atoms with Crippen molar-refractivity contribution in [2.45, 2.75) is 31.3 Å². The van der Waals surface area contributed by atoms with E-state index in [1.807, 2.05) is 13.8 Å². The van der Waals surface area contributed by atoms with Crippen molar-refractivity contribution in [3.05, 3.63) is 41.4 Å². The van der Waals surface area contributed by atoms with Crippen LogP contribution in [0.5, 0.6) is 0 Å². The van der Waals surface area contributed by atoms with E-state index in [0.717, 1.165) is 12.1 Å². The van der Waals surface area contributed by atoms with Crippen molar-refractivity contribution in [1.82, 2.24) is 19.7 Å². The fourth-order valence-corrected chi connectivity index (χ4v) is 3.46. The van der Waals surface area contributed by atoms with Crippen LogP contribution in [-0.2, 0) is 16.6 Å². The van der Waals surface area contributed by atoms with Gasteiger partial charge in [0.2, 0.25) is 10.0 Å². The summed E-state index contributed by atoms with van der Waals surface area (Å²) in [6, 6.07) is 2.87. The zero-order chi connectivity index (χ0) is 16.3. The Morgan fingerprint density at radius 3 is 2.50 bits per heavy atom. The van der Waals surface area contributed by atoms with Gasteiger partial charge in [-0.2, -0.15) is 15.0 Å². The summed E-state index contributed by atoms with van der Waals surface area (Å²) in [6.07, 6.45) is 3.04. The smallest absolute Gasteiger partial charge is 0.207 e. The average Bonchev–Trinajstić information content (AvgIpc) is 2.93. The number of hydrogen-bond donors (Lipinski definition) is 1. The van der Waals surface area contributed by atoms with E-state index in [1.54, 1.807) is 0 Å². The third-order valence-electron chi connectivity index (χ3n) is 3.14. The number of sulfonamides is 1. The number of benzene rings is 1. The van der Waals surface area contributed by atoms with Gasteiger partial charge in [0.05, 0.1) is 28.9 Å². The van der Waals surface area contributed by atoms with E-state index >= 15 is 0 Å². The van der Waals surface area contributed by atoms with Gasteiger partial charge in [0.1, 0.15) is 5.82 Å². The van der Waals surface area contributed by atoms with Crippen LogP contribution < -0.4 is 4.72 Å². The summed E-state index contributed by atoms with van der Waals surface area (Å²) in [5.41, 5.74) is 0. The van der Waals surface area contributed by atoms with Crippen LogP contribution in [-0.4, -0.2) is 29.5 Å². The van der Waals surface area contributed by atoms with Gasteiger partial charge in [0.15, 0.2) is 0 Å². The topological polar surface area (TPSA) is 76.9 Å². The molecule has 0 saturated heterocycles. The Kier molecular flexibility index (Phi) is 5.15. The predicted octanol–water partition coefficient (Wildman–Crippen LogP) is 2.07. The van der Waals surface area contributed by atoms with Gasteiger partial charge < -0.3 is 0 Å². The standard InChI is InChI=1S/C13H16ClFN4O2S/c1-9(2)13(8-19-16-5-6-17-19)18-22(20,21)10-3-4-12(15)11(14)7-10/h3-7,9,13,18H,8H2,1-2H3. The van der Waals surface area contributed by atoms with Crippen LogP contribution in [0.25, 0.3) is 0 Å². The lowest BCUT2D eigenvalue weighted by molar-refractivity contribution is 0.361. The molecule has 0 aliphatic rings. The van der Waals surface area contributed by atoms with Crippen LogP contribution in [0, 0.1) is 11.7 Å². The lowest BCUT2D eigenvalue weighted by Gasteiger charge is -2.21. The quantitative estimate of drug-likeness (QED) is 0.868. The first-order valence-corrected chi connectivity index (χ1v) is 8.47. The minimum absolute atomic E-state index is 0.0108. The highest BCUT2D eigenvalue weighted by atomic mass is 35.5. The summed E-state index contributed by atoms with van der Waals surface area (Å²) < 4.78 is 40.5. The Labute approximate surface area is 133 Å². The molecule has 0 aliphatic heterocycles. The van der Waals surface area contributed by atoms with E-state index in [4.69, 9.17) is 11.6 Å². The normalized spacial score (nSPS) is 13.5. The molecule has 1 atom stereocenters. The maximum Gasteiger partial charge on any atom is 0.240 e. The van der Waals surface area contributed by atoms with Crippen molar-refractivity contribution in [3.63, 3.8) is 0 Å². The van der Waals surface area contributed by atoms with Gasteiger partial charge in [-0.25, -0.2) is 17.5 Å². The van der Waals surface area contributed by atoms with E-state index in [-0.39, 0.29) is 15.8 Å². The maximum absolute atomic E-state index is 13.2. The van der Waals surface area contributed by atoms with Crippen LogP contribution in [0.2, 0.25) is 5.02 Å². The molecule has 120 valence electrons. The largest absolute Gasteiger partial charge is 0.240 e. The summed E-state index contributed by atoms with van der Waals surface area (Å²) in [6.45, 7) is 4.06. The molecule has 1 aromatic carbocycles. The first kappa shape index (κ1) is 16.9. The maximum atomic E-state index is 13.2. The highest BCUT2D eigenvalue weighted by Gasteiger charge is 2.24. The molecule has 1 heterocycles. The molecule has 0 fully saturated rings. The first-order chi connectivity index (χ1) is 10.3. The molecule has 0 spiro atoms. The molecular formula is C13H16ClFN4O2S. The average molecular weight is 347 g/mol. The molecule has 2 aromatic rings. The van der Waals surface area contributed by atoms with Gasteiger partial charge in [0, 0.05) is 6.04 Å². The minimum atomic E-state index is -3.82. The monoisotopic (exact) mass is 346 g/mol. The zero-order valence-electron chi connectivity index (χ0n) is 12.1. The van der Waals surface area contributed by atoms with Crippen LogP contribution >= 0.6 is 11.6 Å². The predicted molar refractivity (Wildman–Crippen MR) is 80.4 cm³/mol. The van der Waals surface area contributed by atoms with Gasteiger partial charge in [-0.1, -0.05) is 25.4 Å². The summed E-state index contributed by atoms with van der Waals surface area (Å²) in [7, 11) is -3.82. The fourth-order valence-electron chi connectivity index (χ4n) is 1.81. The second-order valence-corrected chi connectivity index (χ2v) is 7.25. The Balaban J connectivity index is 2.22. The molecule has 6 nitrogen and oxygen atoms in total. The molecule has 2 rings (SSSR count). The van der Waals surface area contributed by atoms with Crippen molar-refractivity contribution >= 4 is 21.6 Å². The molecule has 1 N–H and O–H groups in total. The second-order valence-electron chi connectivity index (χ2n) is 5.13. The van der Waals surface area contributed by atoms with E-state index in [9.17, 15) is 12.8 Å². The van der Waals surface area contributed by atoms with Gasteiger partial charge in [-0.3, -0.25) is 0 Å². The molecule has 0 saturated carbocycles. The molecule has 9 heteroatoms. The van der Waals surface area contributed by atoms with E-state index < -0.39 is 21.9 Å². The molecule has 0 radical (unpaired) electrons.